The predicted molar refractivity (Wildman–Crippen MR) is 90.9 cm³/mol. The van der Waals surface area contributed by atoms with Crippen LogP contribution in [0, 0.1) is 0 Å². The Morgan fingerprint density at radius 2 is 1.41 bits per heavy atom. The Hall–Kier alpha value is -2.36. The summed E-state index contributed by atoms with van der Waals surface area (Å²) in [5.41, 5.74) is 12.9. The zero-order chi connectivity index (χ0) is 15.8. The van der Waals surface area contributed by atoms with E-state index in [0.29, 0.717) is 22.9 Å². The molecule has 0 fully saturated rings. The largest absolute Gasteiger partial charge is 0.455 e. The van der Waals surface area contributed by atoms with Crippen molar-refractivity contribution in [3.05, 3.63) is 48.5 Å². The van der Waals surface area contributed by atoms with Gasteiger partial charge >= 0.3 is 0 Å². The summed E-state index contributed by atoms with van der Waals surface area (Å²) in [4.78, 5) is 0. The van der Waals surface area contributed by atoms with Crippen LogP contribution in [0.3, 0.4) is 0 Å². The van der Waals surface area contributed by atoms with E-state index in [-0.39, 0.29) is 6.29 Å². The molecule has 0 atom stereocenters. The fourth-order valence-electron chi connectivity index (χ4n) is 2.18. The summed E-state index contributed by atoms with van der Waals surface area (Å²) in [6.45, 7) is 2.17. The van der Waals surface area contributed by atoms with E-state index in [1.54, 1.807) is 12.1 Å². The summed E-state index contributed by atoms with van der Waals surface area (Å²) < 4.78 is 11.9. The molecular formula is C18H24N2O2. The Morgan fingerprint density at radius 1 is 0.864 bits per heavy atom. The molecule has 4 nitrogen and oxygen atoms in total. The molecule has 4 N–H and O–H groups in total. The molecule has 0 saturated carbocycles. The van der Waals surface area contributed by atoms with Crippen molar-refractivity contribution in [2.75, 3.05) is 11.5 Å². The SMILES string of the molecule is CCCCCC(Oc1cccc(N)c1)Oc1cccc(N)c1. The number of hydrogen-bond donors (Lipinski definition) is 2. The molecule has 2 rings (SSSR count). The third-order valence-electron chi connectivity index (χ3n) is 3.29. The van der Waals surface area contributed by atoms with E-state index < -0.39 is 0 Å². The van der Waals surface area contributed by atoms with Crippen LogP contribution in [0.1, 0.15) is 32.6 Å². The zero-order valence-electron chi connectivity index (χ0n) is 13.0. The van der Waals surface area contributed by atoms with E-state index in [9.17, 15) is 0 Å². The number of rotatable bonds is 8. The molecule has 0 aromatic heterocycles. The van der Waals surface area contributed by atoms with E-state index in [2.05, 4.69) is 6.92 Å². The minimum Gasteiger partial charge on any atom is -0.455 e. The lowest BCUT2D eigenvalue weighted by molar-refractivity contribution is -0.00226. The minimum atomic E-state index is -0.352. The number of nitrogens with two attached hydrogens (primary N) is 2. The third-order valence-corrected chi connectivity index (χ3v) is 3.29. The number of unbranched alkanes of at least 4 members (excludes halogenated alkanes) is 2. The van der Waals surface area contributed by atoms with Gasteiger partial charge in [-0.3, -0.25) is 0 Å². The Labute approximate surface area is 132 Å². The van der Waals surface area contributed by atoms with Crippen LogP contribution in [0.2, 0.25) is 0 Å². The van der Waals surface area contributed by atoms with Crippen molar-refractivity contribution < 1.29 is 9.47 Å². The Bertz CT molecular complexity index is 539. The molecule has 0 unspecified atom stereocenters. The van der Waals surface area contributed by atoms with Crippen LogP contribution in [0.15, 0.2) is 48.5 Å². The summed E-state index contributed by atoms with van der Waals surface area (Å²) in [5.74, 6) is 1.43. The average molecular weight is 300 g/mol. The highest BCUT2D eigenvalue weighted by Crippen LogP contribution is 2.22. The topological polar surface area (TPSA) is 70.5 Å². The molecule has 0 saturated heterocycles. The molecule has 0 spiro atoms. The van der Waals surface area contributed by atoms with Gasteiger partial charge in [0.05, 0.1) is 0 Å². The number of nitrogen functional groups attached to an aromatic ring is 2. The van der Waals surface area contributed by atoms with Gasteiger partial charge in [0, 0.05) is 29.9 Å². The second-order valence-corrected chi connectivity index (χ2v) is 5.31. The molecule has 0 heterocycles. The van der Waals surface area contributed by atoms with Gasteiger partial charge < -0.3 is 20.9 Å². The summed E-state index contributed by atoms with van der Waals surface area (Å²) in [6, 6.07) is 14.8. The Kier molecular flexibility index (Phi) is 5.95. The maximum absolute atomic E-state index is 5.94. The zero-order valence-corrected chi connectivity index (χ0v) is 13.0. The first-order chi connectivity index (χ1) is 10.7. The molecule has 2 aromatic rings. The smallest absolute Gasteiger partial charge is 0.241 e. The van der Waals surface area contributed by atoms with Crippen LogP contribution in [0.5, 0.6) is 11.5 Å². The van der Waals surface area contributed by atoms with Crippen molar-refractivity contribution in [2.24, 2.45) is 0 Å². The number of hydrogen-bond acceptors (Lipinski definition) is 4. The number of anilines is 2. The van der Waals surface area contributed by atoms with E-state index >= 15 is 0 Å². The first kappa shape index (κ1) is 16.0. The maximum atomic E-state index is 5.94. The highest BCUT2D eigenvalue weighted by Gasteiger charge is 2.12. The van der Waals surface area contributed by atoms with E-state index in [0.717, 1.165) is 25.7 Å². The van der Waals surface area contributed by atoms with Crippen LogP contribution in [0.4, 0.5) is 11.4 Å². The van der Waals surface area contributed by atoms with Gasteiger partial charge in [0.25, 0.3) is 0 Å². The van der Waals surface area contributed by atoms with Crippen LogP contribution >= 0.6 is 0 Å². The lowest BCUT2D eigenvalue weighted by Crippen LogP contribution is -2.24. The van der Waals surface area contributed by atoms with Crippen molar-refractivity contribution in [1.82, 2.24) is 0 Å². The second-order valence-electron chi connectivity index (χ2n) is 5.31. The van der Waals surface area contributed by atoms with Gasteiger partial charge in [-0.05, 0) is 30.7 Å². The molecule has 0 aliphatic carbocycles. The molecule has 0 amide bonds. The van der Waals surface area contributed by atoms with Gasteiger partial charge in [-0.15, -0.1) is 0 Å². The Morgan fingerprint density at radius 3 is 1.86 bits per heavy atom. The van der Waals surface area contributed by atoms with Crippen molar-refractivity contribution >= 4 is 11.4 Å². The molecule has 0 bridgehead atoms. The lowest BCUT2D eigenvalue weighted by atomic mass is 10.2. The molecule has 118 valence electrons. The van der Waals surface area contributed by atoms with Crippen LogP contribution < -0.4 is 20.9 Å². The van der Waals surface area contributed by atoms with Crippen molar-refractivity contribution in [1.29, 1.82) is 0 Å². The molecule has 4 heteroatoms. The molecule has 0 radical (unpaired) electrons. The highest BCUT2D eigenvalue weighted by atomic mass is 16.7. The maximum Gasteiger partial charge on any atom is 0.241 e. The Balaban J connectivity index is 2.04. The summed E-state index contributed by atoms with van der Waals surface area (Å²) in [5, 5.41) is 0. The highest BCUT2D eigenvalue weighted by molar-refractivity contribution is 5.44. The van der Waals surface area contributed by atoms with Crippen molar-refractivity contribution in [2.45, 2.75) is 38.9 Å². The molecule has 22 heavy (non-hydrogen) atoms. The van der Waals surface area contributed by atoms with E-state index in [1.165, 1.54) is 0 Å². The lowest BCUT2D eigenvalue weighted by Gasteiger charge is -2.21. The molecule has 2 aromatic carbocycles. The summed E-state index contributed by atoms with van der Waals surface area (Å²) in [6.07, 6.45) is 3.82. The second kappa shape index (κ2) is 8.17. The van der Waals surface area contributed by atoms with Crippen LogP contribution in [-0.2, 0) is 0 Å². The summed E-state index contributed by atoms with van der Waals surface area (Å²) >= 11 is 0. The van der Waals surface area contributed by atoms with Gasteiger partial charge in [-0.25, -0.2) is 0 Å². The third kappa shape index (κ3) is 5.20. The fourth-order valence-corrected chi connectivity index (χ4v) is 2.18. The van der Waals surface area contributed by atoms with Crippen molar-refractivity contribution in [3.8, 4) is 11.5 Å². The molecular weight excluding hydrogens is 276 g/mol. The van der Waals surface area contributed by atoms with Crippen molar-refractivity contribution in [3.63, 3.8) is 0 Å². The number of ether oxygens (including phenoxy) is 2. The summed E-state index contributed by atoms with van der Waals surface area (Å²) in [7, 11) is 0. The molecule has 0 aliphatic rings. The van der Waals surface area contributed by atoms with E-state index in [4.69, 9.17) is 20.9 Å². The monoisotopic (exact) mass is 300 g/mol. The van der Waals surface area contributed by atoms with Gasteiger partial charge in [0.1, 0.15) is 11.5 Å². The van der Waals surface area contributed by atoms with Crippen LogP contribution in [-0.4, -0.2) is 6.29 Å². The van der Waals surface area contributed by atoms with E-state index in [1.807, 2.05) is 36.4 Å². The van der Waals surface area contributed by atoms with Crippen LogP contribution in [0.25, 0.3) is 0 Å². The van der Waals surface area contributed by atoms with Gasteiger partial charge in [0.15, 0.2) is 0 Å². The fraction of sp³-hybridized carbons (Fsp3) is 0.333. The number of benzene rings is 2. The van der Waals surface area contributed by atoms with Gasteiger partial charge in [-0.2, -0.15) is 0 Å². The predicted octanol–water partition coefficient (Wildman–Crippen LogP) is 4.22. The first-order valence-electron chi connectivity index (χ1n) is 7.72. The average Bonchev–Trinajstić information content (AvgIpc) is 2.47. The minimum absolute atomic E-state index is 0.352. The van der Waals surface area contributed by atoms with Gasteiger partial charge in [-0.1, -0.05) is 31.9 Å². The molecule has 0 aliphatic heterocycles. The van der Waals surface area contributed by atoms with Gasteiger partial charge in [0.2, 0.25) is 6.29 Å². The normalized spacial score (nSPS) is 10.6. The quantitative estimate of drug-likeness (QED) is 0.435. The first-order valence-corrected chi connectivity index (χ1v) is 7.72. The standard InChI is InChI=1S/C18H24N2O2/c1-2-3-4-11-18(21-16-9-5-7-14(19)12-16)22-17-10-6-8-15(20)13-17/h5-10,12-13,18H,2-4,11,19-20H2,1H3.